The van der Waals surface area contributed by atoms with Crippen LogP contribution in [0.1, 0.15) is 5.56 Å². The highest BCUT2D eigenvalue weighted by molar-refractivity contribution is 5.72. The van der Waals surface area contributed by atoms with Crippen molar-refractivity contribution in [2.24, 2.45) is 0 Å². The van der Waals surface area contributed by atoms with Crippen molar-refractivity contribution in [1.29, 1.82) is 0 Å². The predicted molar refractivity (Wildman–Crippen MR) is 108 cm³/mol. The summed E-state index contributed by atoms with van der Waals surface area (Å²) in [5.74, 6) is 0.922. The quantitative estimate of drug-likeness (QED) is 0.745. The lowest BCUT2D eigenvalue weighted by atomic mass is 10.0. The smallest absolute Gasteiger partial charge is 0.127 e. The highest BCUT2D eigenvalue weighted by atomic mass is 16.5. The molecule has 0 spiro atoms. The third-order valence-electron chi connectivity index (χ3n) is 4.78. The van der Waals surface area contributed by atoms with Gasteiger partial charge in [-0.3, -0.25) is 0 Å². The first kappa shape index (κ1) is 16.7. The van der Waals surface area contributed by atoms with Crippen molar-refractivity contribution in [2.75, 3.05) is 31.1 Å². The van der Waals surface area contributed by atoms with Gasteiger partial charge in [0, 0.05) is 37.4 Å². The number of rotatable bonds is 5. The topological polar surface area (TPSA) is 24.5 Å². The summed E-state index contributed by atoms with van der Waals surface area (Å²) in [4.78, 5) is 2.43. The number of anilines is 1. The zero-order valence-electron chi connectivity index (χ0n) is 14.9. The van der Waals surface area contributed by atoms with Crippen LogP contribution in [0.25, 0.3) is 11.1 Å². The Labute approximate surface area is 155 Å². The normalized spacial score (nSPS) is 14.2. The molecule has 0 aromatic heterocycles. The molecule has 0 saturated carbocycles. The molecular formula is C23H24N2O. The summed E-state index contributed by atoms with van der Waals surface area (Å²) in [6.45, 7) is 4.82. The van der Waals surface area contributed by atoms with Gasteiger partial charge in [0.15, 0.2) is 0 Å². The SMILES string of the molecule is c1ccc(COc2ccccc2-c2ccc(N3CCNCC3)cc2)cc1. The summed E-state index contributed by atoms with van der Waals surface area (Å²) in [5.41, 5.74) is 4.79. The number of para-hydroxylation sites is 1. The molecule has 0 atom stereocenters. The van der Waals surface area contributed by atoms with Crippen molar-refractivity contribution in [3.8, 4) is 16.9 Å². The fourth-order valence-corrected chi connectivity index (χ4v) is 3.34. The van der Waals surface area contributed by atoms with Gasteiger partial charge in [0.05, 0.1) is 0 Å². The molecule has 1 saturated heterocycles. The molecule has 132 valence electrons. The Bertz CT molecular complexity index is 824. The molecule has 0 bridgehead atoms. The summed E-state index contributed by atoms with van der Waals surface area (Å²) >= 11 is 0. The maximum Gasteiger partial charge on any atom is 0.127 e. The van der Waals surface area contributed by atoms with Crippen molar-refractivity contribution in [2.45, 2.75) is 6.61 Å². The van der Waals surface area contributed by atoms with Crippen LogP contribution in [0.3, 0.4) is 0 Å². The van der Waals surface area contributed by atoms with Crippen LogP contribution in [0, 0.1) is 0 Å². The molecule has 1 heterocycles. The van der Waals surface area contributed by atoms with Gasteiger partial charge in [0.25, 0.3) is 0 Å². The van der Waals surface area contributed by atoms with E-state index in [4.69, 9.17) is 4.74 Å². The molecule has 1 fully saturated rings. The van der Waals surface area contributed by atoms with E-state index in [-0.39, 0.29) is 0 Å². The second-order valence-electron chi connectivity index (χ2n) is 6.55. The molecule has 0 amide bonds. The van der Waals surface area contributed by atoms with E-state index in [1.54, 1.807) is 0 Å². The molecule has 0 radical (unpaired) electrons. The van der Waals surface area contributed by atoms with Gasteiger partial charge >= 0.3 is 0 Å². The van der Waals surface area contributed by atoms with E-state index in [1.165, 1.54) is 16.8 Å². The van der Waals surface area contributed by atoms with E-state index in [1.807, 2.05) is 30.3 Å². The van der Waals surface area contributed by atoms with Crippen LogP contribution in [0.5, 0.6) is 5.75 Å². The summed E-state index contributed by atoms with van der Waals surface area (Å²) < 4.78 is 6.11. The molecule has 0 unspecified atom stereocenters. The van der Waals surface area contributed by atoms with Crippen LogP contribution in [0.4, 0.5) is 5.69 Å². The van der Waals surface area contributed by atoms with E-state index in [0.29, 0.717) is 6.61 Å². The Morgan fingerprint density at radius 3 is 2.23 bits per heavy atom. The molecule has 1 N–H and O–H groups in total. The molecule has 0 aliphatic carbocycles. The third kappa shape index (κ3) is 3.89. The number of hydrogen-bond acceptors (Lipinski definition) is 3. The zero-order valence-corrected chi connectivity index (χ0v) is 14.9. The second kappa shape index (κ2) is 8.07. The van der Waals surface area contributed by atoms with Crippen LogP contribution in [0.2, 0.25) is 0 Å². The molecular weight excluding hydrogens is 320 g/mol. The van der Waals surface area contributed by atoms with Crippen molar-refractivity contribution < 1.29 is 4.74 Å². The number of nitrogens with zero attached hydrogens (tertiary/aromatic N) is 1. The predicted octanol–water partition coefficient (Wildman–Crippen LogP) is 4.34. The van der Waals surface area contributed by atoms with Gasteiger partial charge in [0.1, 0.15) is 12.4 Å². The van der Waals surface area contributed by atoms with Crippen molar-refractivity contribution >= 4 is 5.69 Å². The largest absolute Gasteiger partial charge is 0.488 e. The minimum atomic E-state index is 0.580. The molecule has 1 aliphatic heterocycles. The van der Waals surface area contributed by atoms with E-state index < -0.39 is 0 Å². The van der Waals surface area contributed by atoms with Crippen LogP contribution >= 0.6 is 0 Å². The highest BCUT2D eigenvalue weighted by Gasteiger charge is 2.11. The lowest BCUT2D eigenvalue weighted by molar-refractivity contribution is 0.307. The van der Waals surface area contributed by atoms with Gasteiger partial charge in [-0.05, 0) is 29.3 Å². The fraction of sp³-hybridized carbons (Fsp3) is 0.217. The van der Waals surface area contributed by atoms with E-state index in [2.05, 4.69) is 58.7 Å². The van der Waals surface area contributed by atoms with Gasteiger partial charge in [-0.2, -0.15) is 0 Å². The molecule has 3 aromatic carbocycles. The van der Waals surface area contributed by atoms with E-state index >= 15 is 0 Å². The van der Waals surface area contributed by atoms with Gasteiger partial charge in [-0.15, -0.1) is 0 Å². The minimum Gasteiger partial charge on any atom is -0.488 e. The number of hydrogen-bond donors (Lipinski definition) is 1. The standard InChI is InChI=1S/C23H24N2O/c1-2-6-19(7-3-1)18-26-23-9-5-4-8-22(23)20-10-12-21(13-11-20)25-16-14-24-15-17-25/h1-13,24H,14-18H2. The van der Waals surface area contributed by atoms with Crippen LogP contribution in [-0.2, 0) is 6.61 Å². The number of ether oxygens (including phenoxy) is 1. The first-order valence-electron chi connectivity index (χ1n) is 9.22. The summed E-state index contributed by atoms with van der Waals surface area (Å²) in [7, 11) is 0. The minimum absolute atomic E-state index is 0.580. The van der Waals surface area contributed by atoms with Gasteiger partial charge in [-0.25, -0.2) is 0 Å². The van der Waals surface area contributed by atoms with Gasteiger partial charge < -0.3 is 15.0 Å². The molecule has 4 rings (SSSR count). The van der Waals surface area contributed by atoms with Crippen molar-refractivity contribution in [3.63, 3.8) is 0 Å². The lowest BCUT2D eigenvalue weighted by Crippen LogP contribution is -2.43. The summed E-state index contributed by atoms with van der Waals surface area (Å²) in [6.07, 6.45) is 0. The molecule has 1 aliphatic rings. The maximum atomic E-state index is 6.11. The Morgan fingerprint density at radius 1 is 0.769 bits per heavy atom. The first-order chi connectivity index (χ1) is 12.9. The van der Waals surface area contributed by atoms with Crippen LogP contribution in [0.15, 0.2) is 78.9 Å². The molecule has 3 aromatic rings. The fourth-order valence-electron chi connectivity index (χ4n) is 3.34. The van der Waals surface area contributed by atoms with E-state index in [9.17, 15) is 0 Å². The molecule has 3 heteroatoms. The lowest BCUT2D eigenvalue weighted by Gasteiger charge is -2.29. The Kier molecular flexibility index (Phi) is 5.17. The Hall–Kier alpha value is -2.78. The third-order valence-corrected chi connectivity index (χ3v) is 4.78. The Morgan fingerprint density at radius 2 is 1.46 bits per heavy atom. The molecule has 26 heavy (non-hydrogen) atoms. The number of nitrogens with one attached hydrogen (secondary N) is 1. The monoisotopic (exact) mass is 344 g/mol. The number of piperazine rings is 1. The average Bonchev–Trinajstić information content (AvgIpc) is 2.74. The summed E-state index contributed by atoms with van der Waals surface area (Å²) in [5, 5.41) is 3.40. The van der Waals surface area contributed by atoms with Crippen molar-refractivity contribution in [1.82, 2.24) is 5.32 Å². The zero-order chi connectivity index (χ0) is 17.6. The maximum absolute atomic E-state index is 6.11. The van der Waals surface area contributed by atoms with Crippen molar-refractivity contribution in [3.05, 3.63) is 84.4 Å². The van der Waals surface area contributed by atoms with Gasteiger partial charge in [0.2, 0.25) is 0 Å². The average molecular weight is 344 g/mol. The van der Waals surface area contributed by atoms with Crippen LogP contribution in [-0.4, -0.2) is 26.2 Å². The first-order valence-corrected chi connectivity index (χ1v) is 9.22. The Balaban J connectivity index is 1.52. The van der Waals surface area contributed by atoms with Gasteiger partial charge in [-0.1, -0.05) is 60.7 Å². The summed E-state index contributed by atoms with van der Waals surface area (Å²) in [6, 6.07) is 27.4. The second-order valence-corrected chi connectivity index (χ2v) is 6.55. The highest BCUT2D eigenvalue weighted by Crippen LogP contribution is 2.31. The van der Waals surface area contributed by atoms with Crippen LogP contribution < -0.4 is 15.0 Å². The molecule has 3 nitrogen and oxygen atoms in total. The van der Waals surface area contributed by atoms with E-state index in [0.717, 1.165) is 37.5 Å². The number of benzene rings is 3.